The molecule has 1 saturated heterocycles. The molecular weight excluding hydrogens is 623 g/mol. The molecule has 0 radical (unpaired) electrons. The van der Waals surface area contributed by atoms with Gasteiger partial charge in [0, 0.05) is 61.0 Å². The van der Waals surface area contributed by atoms with Crippen LogP contribution in [0, 0.1) is 17.2 Å². The first-order chi connectivity index (χ1) is 23.1. The molecule has 2 aromatic carbocycles. The van der Waals surface area contributed by atoms with Crippen molar-refractivity contribution in [3.05, 3.63) is 84.8 Å². The van der Waals surface area contributed by atoms with Crippen molar-refractivity contribution in [3.8, 4) is 28.5 Å². The number of nitrogens with zero attached hydrogens (tertiary/aromatic N) is 7. The third-order valence-corrected chi connectivity index (χ3v) is 12.7. The molecule has 2 aliphatic heterocycles. The van der Waals surface area contributed by atoms with Gasteiger partial charge in [-0.15, -0.1) is 0 Å². The molecule has 48 heavy (non-hydrogen) atoms. The van der Waals surface area contributed by atoms with E-state index in [0.717, 1.165) is 24.0 Å². The number of piperidine rings is 1. The van der Waals surface area contributed by atoms with Crippen LogP contribution in [0.3, 0.4) is 0 Å². The zero-order valence-corrected chi connectivity index (χ0v) is 28.1. The number of hydrogen-bond acceptors (Lipinski definition) is 7. The third-order valence-electron chi connectivity index (χ3n) is 11.0. The van der Waals surface area contributed by atoms with Crippen LogP contribution in [0.1, 0.15) is 44.6 Å². The van der Waals surface area contributed by atoms with Gasteiger partial charge in [0.25, 0.3) is 10.0 Å². The van der Waals surface area contributed by atoms with Crippen LogP contribution in [0.15, 0.2) is 84.1 Å². The van der Waals surface area contributed by atoms with Gasteiger partial charge in [-0.2, -0.15) is 10.4 Å². The largest absolute Gasteiger partial charge is 0.313 e. The number of benzene rings is 2. The van der Waals surface area contributed by atoms with Gasteiger partial charge in [-0.3, -0.25) is 14.4 Å². The Morgan fingerprint density at radius 2 is 1.62 bits per heavy atom. The lowest BCUT2D eigenvalue weighted by Gasteiger charge is -2.55. The quantitative estimate of drug-likeness (QED) is 0.229. The minimum absolute atomic E-state index is 0.00312. The summed E-state index contributed by atoms with van der Waals surface area (Å²) in [5.74, 6) is 0.578. The molecule has 2 fully saturated rings. The normalized spacial score (nSPS) is 22.2. The Kier molecular flexibility index (Phi) is 6.92. The lowest BCUT2D eigenvalue weighted by atomic mass is 9.64. The molecule has 8 rings (SSSR count). The fourth-order valence-corrected chi connectivity index (χ4v) is 10.3. The monoisotopic (exact) mass is 659 g/mol. The minimum atomic E-state index is -4.16. The Morgan fingerprint density at radius 3 is 2.23 bits per heavy atom. The second-order valence-corrected chi connectivity index (χ2v) is 15.6. The van der Waals surface area contributed by atoms with Gasteiger partial charge in [0.05, 0.1) is 46.6 Å². The zero-order chi connectivity index (χ0) is 33.4. The van der Waals surface area contributed by atoms with E-state index in [1.165, 1.54) is 3.97 Å². The lowest BCUT2D eigenvalue weighted by Crippen LogP contribution is -2.61. The number of pyridine rings is 1. The van der Waals surface area contributed by atoms with E-state index in [9.17, 15) is 18.5 Å². The smallest absolute Gasteiger partial charge is 0.269 e. The highest BCUT2D eigenvalue weighted by Crippen LogP contribution is 2.56. The fourth-order valence-electron chi connectivity index (χ4n) is 8.83. The summed E-state index contributed by atoms with van der Waals surface area (Å²) in [6.07, 6.45) is 8.75. The number of hydrogen-bond donors (Lipinski definition) is 0. The maximum atomic E-state index is 14.8. The standard InChI is InChI=1S/C37H37N7O3S/c1-25-20-36(21-25,14-17-38)43-18-15-37(16-19-43)32-29(42(3)35(37)45)23-39-34-31(32)30(26-10-6-4-7-11-26)33(27-22-40-41(2)24-27)44(34)48(46,47)28-12-8-5-9-13-28/h4-13,22-25H,14-16,18-21H2,1-3H3. The molecule has 0 unspecified atom stereocenters. The van der Waals surface area contributed by atoms with E-state index in [2.05, 4.69) is 23.0 Å². The highest BCUT2D eigenvalue weighted by molar-refractivity contribution is 7.90. The van der Waals surface area contributed by atoms with E-state index in [0.29, 0.717) is 66.2 Å². The summed E-state index contributed by atoms with van der Waals surface area (Å²) in [5, 5.41) is 14.8. The van der Waals surface area contributed by atoms with E-state index in [1.54, 1.807) is 66.4 Å². The molecule has 1 amide bonds. The Bertz CT molecular complexity index is 2220. The number of likely N-dealkylation sites (tertiary alicyclic amines) is 1. The van der Waals surface area contributed by atoms with Crippen LogP contribution in [0.25, 0.3) is 33.4 Å². The van der Waals surface area contributed by atoms with Crippen molar-refractivity contribution in [1.29, 1.82) is 5.26 Å². The lowest BCUT2D eigenvalue weighted by molar-refractivity contribution is -0.126. The number of rotatable bonds is 6. The number of carbonyl (C=O) groups excluding carboxylic acids is 1. The average molecular weight is 660 g/mol. The number of aryl methyl sites for hydroxylation is 1. The number of likely N-dealkylation sites (N-methyl/N-ethyl adjacent to an activating group) is 1. The summed E-state index contributed by atoms with van der Waals surface area (Å²) in [5.41, 5.74) is 3.43. The van der Waals surface area contributed by atoms with Crippen LogP contribution in [-0.4, -0.2) is 63.6 Å². The predicted molar refractivity (Wildman–Crippen MR) is 184 cm³/mol. The first kappa shape index (κ1) is 30.5. The van der Waals surface area contributed by atoms with Crippen LogP contribution in [-0.2, 0) is 27.3 Å². The van der Waals surface area contributed by atoms with Crippen molar-refractivity contribution in [2.75, 3.05) is 25.0 Å². The van der Waals surface area contributed by atoms with Gasteiger partial charge in [0.15, 0.2) is 5.65 Å². The van der Waals surface area contributed by atoms with Gasteiger partial charge in [-0.05, 0) is 49.3 Å². The van der Waals surface area contributed by atoms with Crippen LogP contribution in [0.5, 0.6) is 0 Å². The number of nitriles is 1. The summed E-state index contributed by atoms with van der Waals surface area (Å²) in [6, 6.07) is 20.6. The van der Waals surface area contributed by atoms with Crippen molar-refractivity contribution < 1.29 is 13.2 Å². The van der Waals surface area contributed by atoms with Crippen molar-refractivity contribution in [2.24, 2.45) is 13.0 Å². The summed E-state index contributed by atoms with van der Waals surface area (Å²) >= 11 is 0. The maximum Gasteiger partial charge on any atom is 0.269 e. The second kappa shape index (κ2) is 10.9. The average Bonchev–Trinajstić information content (AvgIpc) is 3.73. The van der Waals surface area contributed by atoms with Crippen LogP contribution < -0.4 is 4.90 Å². The highest BCUT2D eigenvalue weighted by atomic mass is 32.2. The topological polar surface area (TPSA) is 117 Å². The number of anilines is 1. The van der Waals surface area contributed by atoms with Crippen LogP contribution in [0.2, 0.25) is 0 Å². The maximum absolute atomic E-state index is 14.8. The van der Waals surface area contributed by atoms with Gasteiger partial charge in [0.1, 0.15) is 0 Å². The molecule has 3 aliphatic rings. The molecule has 5 aromatic rings. The number of carbonyl (C=O) groups is 1. The molecule has 1 aliphatic carbocycles. The third kappa shape index (κ3) is 4.25. The summed E-state index contributed by atoms with van der Waals surface area (Å²) in [7, 11) is -0.566. The molecule has 5 heterocycles. The molecule has 0 N–H and O–H groups in total. The molecule has 10 nitrogen and oxygen atoms in total. The fraction of sp³-hybridized carbons (Fsp3) is 0.351. The molecule has 1 saturated carbocycles. The predicted octanol–water partition coefficient (Wildman–Crippen LogP) is 5.73. The Labute approximate surface area is 280 Å². The number of amides is 1. The number of aromatic nitrogens is 4. The van der Waals surface area contributed by atoms with Crippen molar-refractivity contribution in [2.45, 2.75) is 54.9 Å². The Hall–Kier alpha value is -4.79. The molecule has 244 valence electrons. The number of fused-ring (bicyclic) bond motifs is 4. The van der Waals surface area contributed by atoms with E-state index in [4.69, 9.17) is 4.98 Å². The molecule has 0 atom stereocenters. The summed E-state index contributed by atoms with van der Waals surface area (Å²) in [6.45, 7) is 3.59. The first-order valence-electron chi connectivity index (χ1n) is 16.4. The van der Waals surface area contributed by atoms with Crippen LogP contribution in [0.4, 0.5) is 5.69 Å². The van der Waals surface area contributed by atoms with E-state index in [1.807, 2.05) is 36.5 Å². The van der Waals surface area contributed by atoms with Crippen molar-refractivity contribution in [3.63, 3.8) is 0 Å². The van der Waals surface area contributed by atoms with Gasteiger partial charge in [-0.1, -0.05) is 55.5 Å². The molecular formula is C37H37N7O3S. The second-order valence-electron chi connectivity index (χ2n) is 13.8. The van der Waals surface area contributed by atoms with Crippen LogP contribution >= 0.6 is 0 Å². The van der Waals surface area contributed by atoms with Gasteiger partial charge in [0.2, 0.25) is 5.91 Å². The van der Waals surface area contributed by atoms with Gasteiger partial charge < -0.3 is 4.90 Å². The first-order valence-corrected chi connectivity index (χ1v) is 17.9. The zero-order valence-electron chi connectivity index (χ0n) is 27.3. The minimum Gasteiger partial charge on any atom is -0.313 e. The van der Waals surface area contributed by atoms with E-state index < -0.39 is 15.4 Å². The highest BCUT2D eigenvalue weighted by Gasteiger charge is 2.56. The molecule has 0 bridgehead atoms. The molecule has 1 spiro atoms. The summed E-state index contributed by atoms with van der Waals surface area (Å²) < 4.78 is 32.5. The molecule has 11 heteroatoms. The van der Waals surface area contributed by atoms with Gasteiger partial charge in [-0.25, -0.2) is 17.4 Å². The summed E-state index contributed by atoms with van der Waals surface area (Å²) in [4.78, 5) is 23.7. The SMILES string of the molecule is CC1CC(CC#N)(N2CCC3(CC2)C(=O)N(C)c2cnc4c(c(-c5ccccc5)c(-c5cnn(C)c5)n4S(=O)(=O)c4ccccc4)c23)C1. The molecule has 3 aromatic heterocycles. The Morgan fingerprint density at radius 1 is 0.958 bits per heavy atom. The van der Waals surface area contributed by atoms with E-state index >= 15 is 0 Å². The van der Waals surface area contributed by atoms with E-state index in [-0.39, 0.29) is 22.0 Å². The van der Waals surface area contributed by atoms with Crippen molar-refractivity contribution in [1.82, 2.24) is 23.6 Å². The van der Waals surface area contributed by atoms with Gasteiger partial charge >= 0.3 is 0 Å². The Balaban J connectivity index is 1.42. The van der Waals surface area contributed by atoms with Crippen molar-refractivity contribution >= 4 is 32.7 Å².